The second-order valence-electron chi connectivity index (χ2n) is 5.57. The first kappa shape index (κ1) is 13.9. The lowest BCUT2D eigenvalue weighted by molar-refractivity contribution is 0.0993. The topological polar surface area (TPSA) is 55.6 Å². The van der Waals surface area contributed by atoms with Crippen LogP contribution >= 0.6 is 11.3 Å². The monoisotopic (exact) mass is 294 g/mol. The van der Waals surface area contributed by atoms with Gasteiger partial charge in [0.15, 0.2) is 5.78 Å². The largest absolute Gasteiger partial charge is 0.397 e. The molecule has 1 aromatic rings. The van der Waals surface area contributed by atoms with Crippen molar-refractivity contribution in [3.63, 3.8) is 0 Å². The molecule has 1 aliphatic heterocycles. The summed E-state index contributed by atoms with van der Waals surface area (Å²) in [6.45, 7) is 5.40. The highest BCUT2D eigenvalue weighted by atomic mass is 32.1. The molecule has 0 amide bonds. The molecule has 110 valence electrons. The lowest BCUT2D eigenvalue weighted by Crippen LogP contribution is -2.25. The normalized spacial score (nSPS) is 19.9. The number of nitrogens with two attached hydrogens (primary N) is 1. The summed E-state index contributed by atoms with van der Waals surface area (Å²) in [5.74, 6) is 0.746. The highest BCUT2D eigenvalue weighted by molar-refractivity contribution is 7.19. The van der Waals surface area contributed by atoms with Crippen molar-refractivity contribution in [3.05, 3.63) is 10.4 Å². The number of nitrogens with zero attached hydrogens (tertiary/aromatic N) is 1. The third-order valence-electron chi connectivity index (χ3n) is 4.03. The lowest BCUT2D eigenvalue weighted by atomic mass is 10.1. The van der Waals surface area contributed by atoms with Crippen molar-refractivity contribution < 1.29 is 9.53 Å². The van der Waals surface area contributed by atoms with Gasteiger partial charge in [0.1, 0.15) is 0 Å². The molecule has 2 fully saturated rings. The number of carbonyl (C=O) groups excluding carboxylic acids is 1. The average Bonchev–Trinajstić information content (AvgIpc) is 3.26. The second-order valence-corrected chi connectivity index (χ2v) is 6.57. The minimum absolute atomic E-state index is 0.173. The van der Waals surface area contributed by atoms with Crippen molar-refractivity contribution in [2.24, 2.45) is 0 Å². The van der Waals surface area contributed by atoms with E-state index in [1.165, 1.54) is 23.4 Å². The molecule has 0 atom stereocenters. The molecule has 5 heteroatoms. The predicted molar refractivity (Wildman–Crippen MR) is 83.0 cm³/mol. The molecule has 0 spiro atoms. The van der Waals surface area contributed by atoms with Crippen molar-refractivity contribution in [2.45, 2.75) is 38.5 Å². The van der Waals surface area contributed by atoms with E-state index in [9.17, 15) is 4.79 Å². The van der Waals surface area contributed by atoms with Crippen LogP contribution in [0.2, 0.25) is 0 Å². The van der Waals surface area contributed by atoms with Crippen LogP contribution in [0.4, 0.5) is 10.7 Å². The molecular formula is C15H22N2O2S. The molecule has 2 aliphatic rings. The van der Waals surface area contributed by atoms with Crippen LogP contribution in [-0.2, 0) is 4.74 Å². The minimum Gasteiger partial charge on any atom is -0.397 e. The Hall–Kier alpha value is -1.07. The number of nitrogen functional groups attached to an aromatic ring is 1. The smallest absolute Gasteiger partial charge is 0.174 e. The van der Waals surface area contributed by atoms with E-state index in [1.807, 2.05) is 6.92 Å². The van der Waals surface area contributed by atoms with Gasteiger partial charge in [-0.15, -0.1) is 11.3 Å². The molecule has 3 rings (SSSR count). The van der Waals surface area contributed by atoms with Gasteiger partial charge in [-0.05, 0) is 25.2 Å². The molecule has 1 aromatic heterocycles. The maximum absolute atomic E-state index is 12.1. The van der Waals surface area contributed by atoms with Crippen LogP contribution in [0, 0.1) is 0 Å². The van der Waals surface area contributed by atoms with Gasteiger partial charge in [-0.2, -0.15) is 0 Å². The number of rotatable bonds is 4. The first-order valence-corrected chi connectivity index (χ1v) is 8.32. The van der Waals surface area contributed by atoms with Gasteiger partial charge in [0.05, 0.1) is 22.2 Å². The van der Waals surface area contributed by atoms with E-state index < -0.39 is 0 Å². The number of carbonyl (C=O) groups is 1. The zero-order valence-electron chi connectivity index (χ0n) is 12.0. The number of hydrogen-bond donors (Lipinski definition) is 1. The molecule has 0 bridgehead atoms. The van der Waals surface area contributed by atoms with Crippen LogP contribution in [0.1, 0.15) is 53.8 Å². The van der Waals surface area contributed by atoms with Crippen molar-refractivity contribution in [1.82, 2.24) is 0 Å². The third kappa shape index (κ3) is 2.56. The fourth-order valence-electron chi connectivity index (χ4n) is 2.76. The van der Waals surface area contributed by atoms with E-state index in [-0.39, 0.29) is 5.78 Å². The summed E-state index contributed by atoms with van der Waals surface area (Å²) in [6.07, 6.45) is 3.98. The zero-order chi connectivity index (χ0) is 14.1. The van der Waals surface area contributed by atoms with Crippen molar-refractivity contribution in [3.8, 4) is 0 Å². The number of Topliss-reactive ketones (excluding diaryl/α,β-unsaturated/α-hetero) is 1. The maximum atomic E-state index is 12.1. The third-order valence-corrected chi connectivity index (χ3v) is 5.36. The summed E-state index contributed by atoms with van der Waals surface area (Å²) >= 11 is 1.60. The number of hydrogen-bond acceptors (Lipinski definition) is 5. The van der Waals surface area contributed by atoms with Crippen LogP contribution in [0.15, 0.2) is 0 Å². The molecule has 2 heterocycles. The molecular weight excluding hydrogens is 272 g/mol. The standard InChI is InChI=1S/C15H22N2O2S/c1-2-11(18)14-13(16)12(10-4-5-10)15(20-14)17-6-3-8-19-9-7-17/h10H,2-9,16H2,1H3. The second kappa shape index (κ2) is 5.74. The Kier molecular flexibility index (Phi) is 3.98. The summed E-state index contributed by atoms with van der Waals surface area (Å²) in [5, 5.41) is 1.23. The zero-order valence-corrected chi connectivity index (χ0v) is 12.8. The molecule has 1 aliphatic carbocycles. The molecule has 0 unspecified atom stereocenters. The van der Waals surface area contributed by atoms with Crippen LogP contribution in [-0.4, -0.2) is 32.1 Å². The summed E-state index contributed by atoms with van der Waals surface area (Å²) in [4.78, 5) is 15.2. The minimum atomic E-state index is 0.173. The predicted octanol–water partition coefficient (Wildman–Crippen LogP) is 3.03. The molecule has 2 N–H and O–H groups in total. The van der Waals surface area contributed by atoms with Crippen molar-refractivity contribution in [1.29, 1.82) is 0 Å². The van der Waals surface area contributed by atoms with Gasteiger partial charge in [0, 0.05) is 31.7 Å². The first-order valence-electron chi connectivity index (χ1n) is 7.50. The summed E-state index contributed by atoms with van der Waals surface area (Å²) in [5.41, 5.74) is 8.30. The lowest BCUT2D eigenvalue weighted by Gasteiger charge is -2.21. The Bertz CT molecular complexity index is 500. The maximum Gasteiger partial charge on any atom is 0.174 e. The van der Waals surface area contributed by atoms with Gasteiger partial charge in [-0.3, -0.25) is 4.79 Å². The van der Waals surface area contributed by atoms with E-state index >= 15 is 0 Å². The Labute approximate surface area is 123 Å². The highest BCUT2D eigenvalue weighted by Crippen LogP contribution is 2.52. The number of ketones is 1. The van der Waals surface area contributed by atoms with Crippen molar-refractivity contribution in [2.75, 3.05) is 36.9 Å². The Morgan fingerprint density at radius 2 is 2.20 bits per heavy atom. The Morgan fingerprint density at radius 3 is 2.90 bits per heavy atom. The van der Waals surface area contributed by atoms with Gasteiger partial charge in [-0.25, -0.2) is 0 Å². The van der Waals surface area contributed by atoms with E-state index in [2.05, 4.69) is 4.90 Å². The number of thiophene rings is 1. The fourth-order valence-corrected chi connectivity index (χ4v) is 4.13. The van der Waals surface area contributed by atoms with Gasteiger partial charge in [-0.1, -0.05) is 6.92 Å². The van der Waals surface area contributed by atoms with Crippen molar-refractivity contribution >= 4 is 27.8 Å². The van der Waals surface area contributed by atoms with Crippen LogP contribution in [0.5, 0.6) is 0 Å². The Balaban J connectivity index is 1.97. The number of ether oxygens (including phenoxy) is 1. The van der Waals surface area contributed by atoms with E-state index in [1.54, 1.807) is 11.3 Å². The van der Waals surface area contributed by atoms with Crippen LogP contribution < -0.4 is 10.6 Å². The van der Waals surface area contributed by atoms with Gasteiger partial charge < -0.3 is 15.4 Å². The van der Waals surface area contributed by atoms with Gasteiger partial charge in [0.2, 0.25) is 0 Å². The van der Waals surface area contributed by atoms with E-state index in [0.717, 1.165) is 43.3 Å². The molecule has 1 saturated heterocycles. The summed E-state index contributed by atoms with van der Waals surface area (Å²) < 4.78 is 5.53. The average molecular weight is 294 g/mol. The fraction of sp³-hybridized carbons (Fsp3) is 0.667. The molecule has 20 heavy (non-hydrogen) atoms. The summed E-state index contributed by atoms with van der Waals surface area (Å²) in [6, 6.07) is 0. The van der Waals surface area contributed by atoms with Gasteiger partial charge >= 0.3 is 0 Å². The molecule has 1 saturated carbocycles. The number of anilines is 2. The van der Waals surface area contributed by atoms with Crippen LogP contribution in [0.25, 0.3) is 0 Å². The summed E-state index contributed by atoms with van der Waals surface area (Å²) in [7, 11) is 0. The van der Waals surface area contributed by atoms with E-state index in [0.29, 0.717) is 12.3 Å². The molecule has 0 radical (unpaired) electrons. The Morgan fingerprint density at radius 1 is 1.40 bits per heavy atom. The molecule has 0 aromatic carbocycles. The van der Waals surface area contributed by atoms with E-state index in [4.69, 9.17) is 10.5 Å². The highest BCUT2D eigenvalue weighted by Gasteiger charge is 2.34. The van der Waals surface area contributed by atoms with Crippen LogP contribution in [0.3, 0.4) is 0 Å². The molecule has 4 nitrogen and oxygen atoms in total. The van der Waals surface area contributed by atoms with Gasteiger partial charge in [0.25, 0.3) is 0 Å². The quantitative estimate of drug-likeness (QED) is 0.867. The SMILES string of the molecule is CCC(=O)c1sc(N2CCCOCC2)c(C2CC2)c1N. The first-order chi connectivity index (χ1) is 9.72.